The van der Waals surface area contributed by atoms with Gasteiger partial charge in [-0.05, 0) is 38.5 Å². The first-order chi connectivity index (χ1) is 8.93. The Morgan fingerprint density at radius 2 is 2.05 bits per heavy atom. The molecule has 0 spiro atoms. The van der Waals surface area contributed by atoms with Crippen LogP contribution in [0.3, 0.4) is 0 Å². The van der Waals surface area contributed by atoms with E-state index in [0.717, 1.165) is 11.3 Å². The van der Waals surface area contributed by atoms with Crippen LogP contribution in [0.4, 0.5) is 0 Å². The van der Waals surface area contributed by atoms with Gasteiger partial charge in [0.2, 0.25) is 5.91 Å². The normalized spacial score (nSPS) is 13.6. The van der Waals surface area contributed by atoms with Crippen molar-refractivity contribution in [3.05, 3.63) is 29.8 Å². The molecule has 104 valence electrons. The van der Waals surface area contributed by atoms with Gasteiger partial charge >= 0.3 is 5.97 Å². The largest absolute Gasteiger partial charge is 0.478 e. The molecule has 2 unspecified atom stereocenters. The molecule has 0 aliphatic rings. The van der Waals surface area contributed by atoms with Gasteiger partial charge in [0, 0.05) is 10.9 Å². The first-order valence-electron chi connectivity index (χ1n) is 6.24. The Balaban J connectivity index is 2.66. The molecule has 0 aliphatic carbocycles. The summed E-state index contributed by atoms with van der Waals surface area (Å²) in [6.45, 7) is 5.79. The number of carbonyl (C=O) groups is 2. The summed E-state index contributed by atoms with van der Waals surface area (Å²) in [6, 6.07) is 6.77. The summed E-state index contributed by atoms with van der Waals surface area (Å²) >= 11 is 1.36. The van der Waals surface area contributed by atoms with Gasteiger partial charge < -0.3 is 10.4 Å². The van der Waals surface area contributed by atoms with Crippen molar-refractivity contribution in [3.8, 4) is 0 Å². The van der Waals surface area contributed by atoms with Crippen LogP contribution < -0.4 is 5.32 Å². The van der Waals surface area contributed by atoms with E-state index in [1.54, 1.807) is 12.1 Å². The van der Waals surface area contributed by atoms with E-state index in [9.17, 15) is 9.59 Å². The van der Waals surface area contributed by atoms with E-state index < -0.39 is 5.97 Å². The number of hydrogen-bond donors (Lipinski definition) is 2. The Morgan fingerprint density at radius 1 is 1.37 bits per heavy atom. The van der Waals surface area contributed by atoms with Crippen molar-refractivity contribution < 1.29 is 14.7 Å². The molecule has 1 amide bonds. The Morgan fingerprint density at radius 3 is 2.63 bits per heavy atom. The summed E-state index contributed by atoms with van der Waals surface area (Å²) in [7, 11) is 0. The van der Waals surface area contributed by atoms with E-state index in [4.69, 9.17) is 5.11 Å². The number of benzene rings is 1. The molecule has 5 heteroatoms. The van der Waals surface area contributed by atoms with Crippen LogP contribution in [0, 0.1) is 0 Å². The molecule has 19 heavy (non-hydrogen) atoms. The van der Waals surface area contributed by atoms with Crippen LogP contribution >= 0.6 is 11.8 Å². The first-order valence-corrected chi connectivity index (χ1v) is 7.12. The standard InChI is InChI=1S/C14H19NO3S/c1-4-9(2)15-13(16)10(3)19-12-7-5-6-11(8-12)14(17)18/h5-10H,4H2,1-3H3,(H,15,16)(H,17,18). The SMILES string of the molecule is CCC(C)NC(=O)C(C)Sc1cccc(C(=O)O)c1. The predicted octanol–water partition coefficient (Wildman–Crippen LogP) is 2.78. The molecule has 0 bridgehead atoms. The maximum absolute atomic E-state index is 11.9. The van der Waals surface area contributed by atoms with E-state index in [0.29, 0.717) is 0 Å². The number of carboxylic acids is 1. The lowest BCUT2D eigenvalue weighted by Gasteiger charge is -2.16. The fourth-order valence-electron chi connectivity index (χ4n) is 1.42. The highest BCUT2D eigenvalue weighted by atomic mass is 32.2. The first kappa shape index (κ1) is 15.6. The minimum atomic E-state index is -0.959. The predicted molar refractivity (Wildman–Crippen MR) is 76.6 cm³/mol. The van der Waals surface area contributed by atoms with Gasteiger partial charge in [0.05, 0.1) is 10.8 Å². The van der Waals surface area contributed by atoms with Gasteiger partial charge in [0.15, 0.2) is 0 Å². The summed E-state index contributed by atoms with van der Waals surface area (Å²) in [6.07, 6.45) is 0.887. The van der Waals surface area contributed by atoms with Crippen LogP contribution in [0.25, 0.3) is 0 Å². The molecule has 0 saturated carbocycles. The van der Waals surface area contributed by atoms with Gasteiger partial charge in [-0.15, -0.1) is 11.8 Å². The van der Waals surface area contributed by atoms with E-state index in [-0.39, 0.29) is 22.8 Å². The highest BCUT2D eigenvalue weighted by molar-refractivity contribution is 8.00. The van der Waals surface area contributed by atoms with Crippen molar-refractivity contribution in [1.29, 1.82) is 0 Å². The lowest BCUT2D eigenvalue weighted by Crippen LogP contribution is -2.37. The lowest BCUT2D eigenvalue weighted by atomic mass is 10.2. The molecule has 1 aromatic rings. The van der Waals surface area contributed by atoms with Crippen LogP contribution in [-0.2, 0) is 4.79 Å². The van der Waals surface area contributed by atoms with Crippen molar-refractivity contribution in [3.63, 3.8) is 0 Å². The van der Waals surface area contributed by atoms with Gasteiger partial charge in [0.25, 0.3) is 0 Å². The molecule has 1 aromatic carbocycles. The number of thioether (sulfide) groups is 1. The quantitative estimate of drug-likeness (QED) is 0.787. The van der Waals surface area contributed by atoms with Crippen molar-refractivity contribution in [1.82, 2.24) is 5.32 Å². The third kappa shape index (κ3) is 4.95. The zero-order valence-corrected chi connectivity index (χ0v) is 12.2. The zero-order valence-electron chi connectivity index (χ0n) is 11.3. The number of nitrogens with one attached hydrogen (secondary N) is 1. The third-order valence-corrected chi connectivity index (χ3v) is 3.86. The number of carboxylic acid groups (broad SMARTS) is 1. The summed E-state index contributed by atoms with van der Waals surface area (Å²) < 4.78 is 0. The molecule has 1 rings (SSSR count). The fraction of sp³-hybridized carbons (Fsp3) is 0.429. The molecule has 0 heterocycles. The average molecular weight is 281 g/mol. The second-order valence-corrected chi connectivity index (χ2v) is 5.83. The van der Waals surface area contributed by atoms with E-state index in [1.165, 1.54) is 17.8 Å². The van der Waals surface area contributed by atoms with Crippen LogP contribution in [0.1, 0.15) is 37.6 Å². The molecule has 4 nitrogen and oxygen atoms in total. The zero-order chi connectivity index (χ0) is 14.4. The summed E-state index contributed by atoms with van der Waals surface area (Å²) in [5.74, 6) is -0.987. The van der Waals surface area contributed by atoms with E-state index in [1.807, 2.05) is 26.8 Å². The Hall–Kier alpha value is -1.49. The number of aromatic carboxylic acids is 1. The molecule has 0 saturated heterocycles. The van der Waals surface area contributed by atoms with Crippen LogP contribution in [-0.4, -0.2) is 28.3 Å². The molecule has 2 atom stereocenters. The Labute approximate surface area is 117 Å². The molecule has 0 radical (unpaired) electrons. The van der Waals surface area contributed by atoms with Crippen molar-refractivity contribution >= 4 is 23.6 Å². The number of hydrogen-bond acceptors (Lipinski definition) is 3. The fourth-order valence-corrected chi connectivity index (χ4v) is 2.36. The van der Waals surface area contributed by atoms with Gasteiger partial charge in [-0.25, -0.2) is 4.79 Å². The van der Waals surface area contributed by atoms with Gasteiger partial charge in [-0.2, -0.15) is 0 Å². The van der Waals surface area contributed by atoms with Gasteiger partial charge in [0.1, 0.15) is 0 Å². The summed E-state index contributed by atoms with van der Waals surface area (Å²) in [5, 5.41) is 11.6. The summed E-state index contributed by atoms with van der Waals surface area (Å²) in [4.78, 5) is 23.5. The highest BCUT2D eigenvalue weighted by Crippen LogP contribution is 2.24. The van der Waals surface area contributed by atoms with Gasteiger partial charge in [-0.1, -0.05) is 13.0 Å². The second-order valence-electron chi connectivity index (χ2n) is 4.41. The molecular formula is C14H19NO3S. The van der Waals surface area contributed by atoms with Crippen LogP contribution in [0.5, 0.6) is 0 Å². The molecule has 0 aromatic heterocycles. The lowest BCUT2D eigenvalue weighted by molar-refractivity contribution is -0.120. The smallest absolute Gasteiger partial charge is 0.335 e. The minimum Gasteiger partial charge on any atom is -0.478 e. The topological polar surface area (TPSA) is 66.4 Å². The number of rotatable bonds is 6. The maximum Gasteiger partial charge on any atom is 0.335 e. The molecule has 2 N–H and O–H groups in total. The summed E-state index contributed by atoms with van der Waals surface area (Å²) in [5.41, 5.74) is 0.236. The molecule has 0 fully saturated rings. The minimum absolute atomic E-state index is 0.0277. The average Bonchev–Trinajstić information content (AvgIpc) is 2.38. The number of carbonyl (C=O) groups excluding carboxylic acids is 1. The van der Waals surface area contributed by atoms with E-state index >= 15 is 0 Å². The van der Waals surface area contributed by atoms with E-state index in [2.05, 4.69) is 5.32 Å². The maximum atomic E-state index is 11.9. The monoisotopic (exact) mass is 281 g/mol. The Kier molecular flexibility index (Phi) is 5.89. The van der Waals surface area contributed by atoms with Crippen LogP contribution in [0.2, 0.25) is 0 Å². The van der Waals surface area contributed by atoms with Crippen molar-refractivity contribution in [2.75, 3.05) is 0 Å². The van der Waals surface area contributed by atoms with Gasteiger partial charge in [-0.3, -0.25) is 4.79 Å². The third-order valence-electron chi connectivity index (χ3n) is 2.76. The number of amides is 1. The Bertz CT molecular complexity index is 462. The molecule has 0 aliphatic heterocycles. The highest BCUT2D eigenvalue weighted by Gasteiger charge is 2.16. The van der Waals surface area contributed by atoms with Crippen molar-refractivity contribution in [2.45, 2.75) is 43.4 Å². The molecular weight excluding hydrogens is 262 g/mol. The second kappa shape index (κ2) is 7.19. The van der Waals surface area contributed by atoms with Crippen molar-refractivity contribution in [2.24, 2.45) is 0 Å². The van der Waals surface area contributed by atoms with Crippen LogP contribution in [0.15, 0.2) is 29.2 Å².